The lowest BCUT2D eigenvalue weighted by Crippen LogP contribution is -2.14. The molecule has 0 saturated carbocycles. The van der Waals surface area contributed by atoms with Crippen LogP contribution >= 0.6 is 0 Å². The van der Waals surface area contributed by atoms with E-state index in [1.165, 1.54) is 0 Å². The molecule has 0 amide bonds. The van der Waals surface area contributed by atoms with E-state index in [9.17, 15) is 9.59 Å². The second-order valence-electron chi connectivity index (χ2n) is 9.84. The van der Waals surface area contributed by atoms with Gasteiger partial charge in [-0.15, -0.1) is 0 Å². The molecule has 0 aromatic heterocycles. The Morgan fingerprint density at radius 1 is 0.524 bits per heavy atom. The van der Waals surface area contributed by atoms with Crippen molar-refractivity contribution in [1.82, 2.24) is 0 Å². The van der Waals surface area contributed by atoms with Gasteiger partial charge in [-0.2, -0.15) is 0 Å². The van der Waals surface area contributed by atoms with Gasteiger partial charge in [0, 0.05) is 21.5 Å². The van der Waals surface area contributed by atoms with E-state index in [1.54, 1.807) is 13.8 Å². The summed E-state index contributed by atoms with van der Waals surface area (Å²) in [6.07, 6.45) is 0. The molecule has 6 rings (SSSR count). The van der Waals surface area contributed by atoms with Crippen LogP contribution in [0.1, 0.15) is 13.8 Å². The maximum atomic E-state index is 12.2. The molecule has 0 spiro atoms. The highest BCUT2D eigenvalue weighted by molar-refractivity contribution is 6.22. The van der Waals surface area contributed by atoms with E-state index in [1.807, 2.05) is 72.8 Å². The smallest absolute Gasteiger partial charge is 0.344 e. The van der Waals surface area contributed by atoms with E-state index in [2.05, 4.69) is 24.3 Å². The molecular weight excluding hydrogens is 528 g/mol. The molecule has 0 radical (unpaired) electrons. The molecule has 42 heavy (non-hydrogen) atoms. The van der Waals surface area contributed by atoms with Crippen molar-refractivity contribution in [2.75, 3.05) is 26.4 Å². The van der Waals surface area contributed by atoms with E-state index < -0.39 is 11.9 Å². The van der Waals surface area contributed by atoms with Gasteiger partial charge in [-0.25, -0.2) is 9.59 Å². The van der Waals surface area contributed by atoms with Crippen molar-refractivity contribution in [3.8, 4) is 22.6 Å². The highest BCUT2D eigenvalue weighted by Crippen LogP contribution is 2.44. The SMILES string of the molecule is CCOC(=O)COc1cc2ccccc2c2c(-c3cccc4c(OCC(=O)OCC)cc5ccccc5c34)cccc12. The average molecular weight is 559 g/mol. The molecule has 0 fully saturated rings. The van der Waals surface area contributed by atoms with Crippen molar-refractivity contribution in [2.24, 2.45) is 0 Å². The van der Waals surface area contributed by atoms with E-state index in [0.717, 1.165) is 54.2 Å². The Hall–Kier alpha value is -5.10. The zero-order valence-corrected chi connectivity index (χ0v) is 23.5. The van der Waals surface area contributed by atoms with Crippen LogP contribution in [0, 0.1) is 0 Å². The van der Waals surface area contributed by atoms with Crippen LogP contribution in [-0.2, 0) is 19.1 Å². The lowest BCUT2D eigenvalue weighted by Gasteiger charge is -2.18. The summed E-state index contributed by atoms with van der Waals surface area (Å²) >= 11 is 0. The zero-order valence-electron chi connectivity index (χ0n) is 23.5. The standard InChI is InChI=1S/C36H30O6/c1-3-39-33(37)21-41-31-19-23-11-5-7-13-25(23)35-27(15-9-17-29(31)35)28-16-10-18-30-32(42-22-34(38)40-4-2)20-24-12-6-8-14-26(24)36(28)30/h5-20H,3-4,21-22H2,1-2H3. The lowest BCUT2D eigenvalue weighted by atomic mass is 9.88. The Kier molecular flexibility index (Phi) is 7.60. The summed E-state index contributed by atoms with van der Waals surface area (Å²) in [5.74, 6) is 0.404. The van der Waals surface area contributed by atoms with Crippen LogP contribution in [0.4, 0.5) is 0 Å². The first kappa shape index (κ1) is 27.1. The molecule has 0 aliphatic carbocycles. The molecule has 0 bridgehead atoms. The second-order valence-corrected chi connectivity index (χ2v) is 9.84. The van der Waals surface area contributed by atoms with E-state index in [4.69, 9.17) is 18.9 Å². The molecule has 210 valence electrons. The third-order valence-electron chi connectivity index (χ3n) is 7.29. The molecule has 0 saturated heterocycles. The van der Waals surface area contributed by atoms with Crippen molar-refractivity contribution < 1.29 is 28.5 Å². The molecule has 6 nitrogen and oxygen atoms in total. The predicted molar refractivity (Wildman–Crippen MR) is 166 cm³/mol. The van der Waals surface area contributed by atoms with Gasteiger partial charge >= 0.3 is 11.9 Å². The van der Waals surface area contributed by atoms with Gasteiger partial charge in [0.05, 0.1) is 13.2 Å². The summed E-state index contributed by atoms with van der Waals surface area (Å²) in [4.78, 5) is 24.3. The number of ether oxygens (including phenoxy) is 4. The molecule has 0 unspecified atom stereocenters. The van der Waals surface area contributed by atoms with Crippen molar-refractivity contribution in [3.05, 3.63) is 97.1 Å². The number of benzene rings is 6. The van der Waals surface area contributed by atoms with Gasteiger partial charge in [-0.05, 0) is 58.7 Å². The summed E-state index contributed by atoms with van der Waals surface area (Å²) in [6, 6.07) is 32.5. The molecule has 0 aliphatic rings. The third kappa shape index (κ3) is 5.07. The van der Waals surface area contributed by atoms with Crippen LogP contribution in [0.15, 0.2) is 97.1 Å². The summed E-state index contributed by atoms with van der Waals surface area (Å²) in [7, 11) is 0. The molecule has 6 aromatic rings. The van der Waals surface area contributed by atoms with Crippen LogP contribution in [0.25, 0.3) is 54.2 Å². The van der Waals surface area contributed by atoms with Gasteiger partial charge in [-0.3, -0.25) is 0 Å². The van der Waals surface area contributed by atoms with Gasteiger partial charge in [0.15, 0.2) is 13.2 Å². The highest BCUT2D eigenvalue weighted by Gasteiger charge is 2.18. The topological polar surface area (TPSA) is 71.1 Å². The van der Waals surface area contributed by atoms with Crippen molar-refractivity contribution in [1.29, 1.82) is 0 Å². The maximum absolute atomic E-state index is 12.2. The number of rotatable bonds is 9. The zero-order chi connectivity index (χ0) is 29.1. The molecule has 0 heterocycles. The summed E-state index contributed by atoms with van der Waals surface area (Å²) in [5.41, 5.74) is 2.03. The molecule has 0 N–H and O–H groups in total. The van der Waals surface area contributed by atoms with Crippen molar-refractivity contribution in [2.45, 2.75) is 13.8 Å². The average Bonchev–Trinajstić information content (AvgIpc) is 3.02. The van der Waals surface area contributed by atoms with Gasteiger partial charge in [0.2, 0.25) is 0 Å². The minimum atomic E-state index is -0.411. The minimum Gasteiger partial charge on any atom is -0.481 e. The first-order valence-corrected chi connectivity index (χ1v) is 14.0. The Labute approximate surface area is 243 Å². The number of carbonyl (C=O) groups is 2. The van der Waals surface area contributed by atoms with Crippen molar-refractivity contribution >= 4 is 55.0 Å². The lowest BCUT2D eigenvalue weighted by molar-refractivity contribution is -0.146. The van der Waals surface area contributed by atoms with Crippen LogP contribution in [0.5, 0.6) is 11.5 Å². The van der Waals surface area contributed by atoms with Crippen LogP contribution in [0.3, 0.4) is 0 Å². The number of hydrogen-bond donors (Lipinski definition) is 0. The van der Waals surface area contributed by atoms with Gasteiger partial charge in [-0.1, -0.05) is 84.9 Å². The summed E-state index contributed by atoms with van der Waals surface area (Å²) in [6.45, 7) is 3.79. The molecule has 6 aromatic carbocycles. The minimum absolute atomic E-state index is 0.175. The fourth-order valence-electron chi connectivity index (χ4n) is 5.60. The Morgan fingerprint density at radius 3 is 1.36 bits per heavy atom. The fourth-order valence-corrected chi connectivity index (χ4v) is 5.60. The van der Waals surface area contributed by atoms with E-state index in [0.29, 0.717) is 24.7 Å². The van der Waals surface area contributed by atoms with E-state index in [-0.39, 0.29) is 13.2 Å². The summed E-state index contributed by atoms with van der Waals surface area (Å²) in [5, 5.41) is 7.97. The van der Waals surface area contributed by atoms with Crippen LogP contribution < -0.4 is 9.47 Å². The second kappa shape index (κ2) is 11.8. The summed E-state index contributed by atoms with van der Waals surface area (Å²) < 4.78 is 22.3. The number of hydrogen-bond acceptors (Lipinski definition) is 6. The third-order valence-corrected chi connectivity index (χ3v) is 7.29. The fraction of sp³-hybridized carbons (Fsp3) is 0.167. The van der Waals surface area contributed by atoms with Gasteiger partial charge < -0.3 is 18.9 Å². The molecular formula is C36H30O6. The first-order valence-electron chi connectivity index (χ1n) is 14.0. The van der Waals surface area contributed by atoms with Gasteiger partial charge in [0.25, 0.3) is 0 Å². The van der Waals surface area contributed by atoms with E-state index >= 15 is 0 Å². The number of fused-ring (bicyclic) bond motifs is 6. The molecule has 0 aliphatic heterocycles. The van der Waals surface area contributed by atoms with Crippen LogP contribution in [0.2, 0.25) is 0 Å². The number of esters is 2. The molecule has 6 heteroatoms. The monoisotopic (exact) mass is 558 g/mol. The van der Waals surface area contributed by atoms with Gasteiger partial charge in [0.1, 0.15) is 11.5 Å². The Balaban J connectivity index is 1.61. The van der Waals surface area contributed by atoms with Crippen molar-refractivity contribution in [3.63, 3.8) is 0 Å². The predicted octanol–water partition coefficient (Wildman–Crippen LogP) is 7.85. The van der Waals surface area contributed by atoms with Crippen LogP contribution in [-0.4, -0.2) is 38.4 Å². The Bertz CT molecular complexity index is 1820. The largest absolute Gasteiger partial charge is 0.481 e. The normalized spacial score (nSPS) is 11.2. The molecule has 0 atom stereocenters. The highest BCUT2D eigenvalue weighted by atomic mass is 16.6. The number of carbonyl (C=O) groups excluding carboxylic acids is 2. The quantitative estimate of drug-likeness (QED) is 0.133. The maximum Gasteiger partial charge on any atom is 0.344 e. The Morgan fingerprint density at radius 2 is 0.929 bits per heavy atom. The first-order chi connectivity index (χ1) is 20.6.